The Labute approximate surface area is 188 Å². The first-order valence-electron chi connectivity index (χ1n) is 9.30. The van der Waals surface area contributed by atoms with E-state index in [1.54, 1.807) is 49.6 Å². The van der Waals surface area contributed by atoms with Gasteiger partial charge in [-0.05, 0) is 53.6 Å². The number of methoxy groups -OCH3 is 1. The van der Waals surface area contributed by atoms with E-state index in [4.69, 9.17) is 9.47 Å². The number of rotatable bonds is 7. The third kappa shape index (κ3) is 6.68. The zero-order chi connectivity index (χ0) is 22.1. The molecule has 8 heteroatoms. The number of ether oxygens (including phenoxy) is 2. The normalized spacial score (nSPS) is 10.5. The van der Waals surface area contributed by atoms with Crippen LogP contribution in [0.2, 0.25) is 0 Å². The molecule has 3 aromatic carbocycles. The van der Waals surface area contributed by atoms with E-state index in [-0.39, 0.29) is 0 Å². The number of nitrogens with one attached hydrogen (secondary N) is 2. The first-order valence-corrected chi connectivity index (χ1v) is 10.1. The average molecular weight is 482 g/mol. The Morgan fingerprint density at radius 3 is 2.42 bits per heavy atom. The Morgan fingerprint density at radius 1 is 0.968 bits per heavy atom. The van der Waals surface area contributed by atoms with Gasteiger partial charge in [-0.3, -0.25) is 9.59 Å². The summed E-state index contributed by atoms with van der Waals surface area (Å²) < 4.78 is 12.1. The van der Waals surface area contributed by atoms with Crippen molar-refractivity contribution in [3.8, 4) is 11.5 Å². The van der Waals surface area contributed by atoms with Gasteiger partial charge in [0.05, 0.1) is 13.3 Å². The molecule has 2 N–H and O–H groups in total. The van der Waals surface area contributed by atoms with Crippen molar-refractivity contribution in [3.05, 3.63) is 88.4 Å². The lowest BCUT2D eigenvalue weighted by Gasteiger charge is -2.11. The van der Waals surface area contributed by atoms with Crippen LogP contribution in [0.15, 0.2) is 82.4 Å². The number of halogens is 1. The molecule has 0 fully saturated rings. The van der Waals surface area contributed by atoms with E-state index in [0.29, 0.717) is 29.4 Å². The van der Waals surface area contributed by atoms with Crippen LogP contribution in [0.5, 0.6) is 11.5 Å². The van der Waals surface area contributed by atoms with Gasteiger partial charge in [-0.15, -0.1) is 0 Å². The molecule has 0 aliphatic carbocycles. The van der Waals surface area contributed by atoms with Crippen LogP contribution in [0.1, 0.15) is 11.1 Å². The van der Waals surface area contributed by atoms with Gasteiger partial charge in [0.1, 0.15) is 6.61 Å². The Balaban J connectivity index is 1.55. The van der Waals surface area contributed by atoms with Crippen molar-refractivity contribution in [2.45, 2.75) is 6.61 Å². The number of carbonyl (C=O) groups excluding carboxylic acids is 2. The van der Waals surface area contributed by atoms with Crippen LogP contribution >= 0.6 is 15.9 Å². The topological polar surface area (TPSA) is 89.0 Å². The highest BCUT2D eigenvalue weighted by Gasteiger charge is 2.13. The highest BCUT2D eigenvalue weighted by Crippen LogP contribution is 2.28. The highest BCUT2D eigenvalue weighted by atomic mass is 79.9. The van der Waals surface area contributed by atoms with Crippen molar-refractivity contribution in [1.29, 1.82) is 0 Å². The molecule has 31 heavy (non-hydrogen) atoms. The Kier molecular flexibility index (Phi) is 7.78. The predicted molar refractivity (Wildman–Crippen MR) is 122 cm³/mol. The van der Waals surface area contributed by atoms with E-state index in [9.17, 15) is 9.59 Å². The Bertz CT molecular complexity index is 1070. The van der Waals surface area contributed by atoms with Crippen LogP contribution < -0.4 is 20.2 Å². The first-order chi connectivity index (χ1) is 15.0. The van der Waals surface area contributed by atoms with E-state index in [0.717, 1.165) is 10.0 Å². The fourth-order valence-corrected chi connectivity index (χ4v) is 2.82. The zero-order valence-electron chi connectivity index (χ0n) is 16.7. The van der Waals surface area contributed by atoms with E-state index in [1.807, 2.05) is 30.3 Å². The summed E-state index contributed by atoms with van der Waals surface area (Å²) in [5.41, 5.74) is 4.41. The molecular weight excluding hydrogens is 462 g/mol. The van der Waals surface area contributed by atoms with Crippen molar-refractivity contribution >= 4 is 39.6 Å². The molecule has 0 unspecified atom stereocenters. The maximum atomic E-state index is 11.9. The number of benzene rings is 3. The number of hydrogen-bond donors (Lipinski definition) is 2. The van der Waals surface area contributed by atoms with Crippen molar-refractivity contribution in [1.82, 2.24) is 5.43 Å². The van der Waals surface area contributed by atoms with E-state index < -0.39 is 11.8 Å². The summed E-state index contributed by atoms with van der Waals surface area (Å²) in [7, 11) is 1.54. The van der Waals surface area contributed by atoms with Gasteiger partial charge >= 0.3 is 11.8 Å². The molecule has 0 radical (unpaired) electrons. The molecule has 3 aromatic rings. The van der Waals surface area contributed by atoms with Crippen LogP contribution in [0.4, 0.5) is 5.69 Å². The molecule has 0 aromatic heterocycles. The molecule has 158 valence electrons. The predicted octanol–water partition coefficient (Wildman–Crippen LogP) is 4.13. The molecule has 3 rings (SSSR count). The lowest BCUT2D eigenvalue weighted by atomic mass is 10.2. The number of carbonyl (C=O) groups is 2. The fourth-order valence-electron chi connectivity index (χ4n) is 2.56. The van der Waals surface area contributed by atoms with Gasteiger partial charge in [0, 0.05) is 10.2 Å². The fraction of sp³-hybridized carbons (Fsp3) is 0.0870. The quantitative estimate of drug-likeness (QED) is 0.301. The first kappa shape index (κ1) is 22.0. The van der Waals surface area contributed by atoms with Crippen LogP contribution in [-0.4, -0.2) is 25.1 Å². The number of anilines is 1. The van der Waals surface area contributed by atoms with Gasteiger partial charge in [-0.25, -0.2) is 5.43 Å². The van der Waals surface area contributed by atoms with E-state index in [1.165, 1.54) is 6.21 Å². The molecule has 0 atom stereocenters. The minimum absolute atomic E-state index is 0.411. The molecule has 0 aliphatic heterocycles. The van der Waals surface area contributed by atoms with Crippen LogP contribution in [-0.2, 0) is 16.2 Å². The summed E-state index contributed by atoms with van der Waals surface area (Å²) in [6, 6.07) is 21.9. The SMILES string of the molecule is COc1cc(/C=N\NC(=O)C(=O)Nc2ccc(Br)cc2)ccc1OCc1ccccc1. The van der Waals surface area contributed by atoms with Gasteiger partial charge < -0.3 is 14.8 Å². The molecular formula is C23H20BrN3O4. The van der Waals surface area contributed by atoms with Gasteiger partial charge in [0.15, 0.2) is 11.5 Å². The second-order valence-corrected chi connectivity index (χ2v) is 7.26. The third-order valence-electron chi connectivity index (χ3n) is 4.11. The molecule has 0 aliphatic rings. The lowest BCUT2D eigenvalue weighted by Crippen LogP contribution is -2.32. The molecule has 0 saturated carbocycles. The van der Waals surface area contributed by atoms with Crippen LogP contribution in [0.25, 0.3) is 0 Å². The Morgan fingerprint density at radius 2 is 1.71 bits per heavy atom. The van der Waals surface area contributed by atoms with Gasteiger partial charge in [-0.2, -0.15) is 5.10 Å². The standard InChI is InChI=1S/C23H20BrN3O4/c1-30-21-13-17(7-12-20(21)31-15-16-5-3-2-4-6-16)14-25-27-23(29)22(28)26-19-10-8-18(24)9-11-19/h2-14H,15H2,1H3,(H,26,28)(H,27,29)/b25-14-. The second-order valence-electron chi connectivity index (χ2n) is 6.34. The van der Waals surface area contributed by atoms with Crippen molar-refractivity contribution in [2.75, 3.05) is 12.4 Å². The molecule has 0 heterocycles. The summed E-state index contributed by atoms with van der Waals surface area (Å²) >= 11 is 3.30. The number of amides is 2. The number of nitrogens with zero attached hydrogens (tertiary/aromatic N) is 1. The van der Waals surface area contributed by atoms with Gasteiger partial charge in [0.2, 0.25) is 0 Å². The summed E-state index contributed by atoms with van der Waals surface area (Å²) in [6.07, 6.45) is 1.41. The molecule has 0 bridgehead atoms. The van der Waals surface area contributed by atoms with E-state index in [2.05, 4.69) is 31.8 Å². The zero-order valence-corrected chi connectivity index (χ0v) is 18.3. The van der Waals surface area contributed by atoms with Crippen molar-refractivity contribution < 1.29 is 19.1 Å². The van der Waals surface area contributed by atoms with Crippen LogP contribution in [0.3, 0.4) is 0 Å². The highest BCUT2D eigenvalue weighted by molar-refractivity contribution is 9.10. The average Bonchev–Trinajstić information content (AvgIpc) is 2.80. The van der Waals surface area contributed by atoms with Crippen molar-refractivity contribution in [3.63, 3.8) is 0 Å². The number of hydrazone groups is 1. The largest absolute Gasteiger partial charge is 0.493 e. The molecule has 0 saturated heterocycles. The second kappa shape index (κ2) is 10.9. The summed E-state index contributed by atoms with van der Waals surface area (Å²) in [5, 5.41) is 6.32. The molecule has 2 amide bonds. The monoisotopic (exact) mass is 481 g/mol. The molecule has 0 spiro atoms. The molecule has 7 nitrogen and oxygen atoms in total. The summed E-state index contributed by atoms with van der Waals surface area (Å²) in [4.78, 5) is 23.8. The lowest BCUT2D eigenvalue weighted by molar-refractivity contribution is -0.136. The van der Waals surface area contributed by atoms with Crippen LogP contribution in [0, 0.1) is 0 Å². The minimum Gasteiger partial charge on any atom is -0.493 e. The smallest absolute Gasteiger partial charge is 0.329 e. The van der Waals surface area contributed by atoms with Gasteiger partial charge in [0.25, 0.3) is 0 Å². The Hall–Kier alpha value is -3.65. The van der Waals surface area contributed by atoms with E-state index >= 15 is 0 Å². The summed E-state index contributed by atoms with van der Waals surface area (Å²) in [6.45, 7) is 0.411. The van der Waals surface area contributed by atoms with Gasteiger partial charge in [-0.1, -0.05) is 46.3 Å². The number of hydrogen-bond acceptors (Lipinski definition) is 5. The third-order valence-corrected chi connectivity index (χ3v) is 4.64. The summed E-state index contributed by atoms with van der Waals surface area (Å²) in [5.74, 6) is -0.587. The minimum atomic E-state index is -0.881. The maximum Gasteiger partial charge on any atom is 0.329 e. The maximum absolute atomic E-state index is 11.9. The van der Waals surface area contributed by atoms with Crippen molar-refractivity contribution in [2.24, 2.45) is 5.10 Å².